The molecule has 0 bridgehead atoms. The normalized spacial score (nSPS) is 20.6. The molecule has 2 atom stereocenters. The first-order valence-corrected chi connectivity index (χ1v) is 9.22. The Kier molecular flexibility index (Phi) is 4.58. The van der Waals surface area contributed by atoms with Gasteiger partial charge < -0.3 is 19.9 Å². The maximum Gasteiger partial charge on any atom is 0.275 e. The fourth-order valence-electron chi connectivity index (χ4n) is 3.90. The Balaban J connectivity index is 1.54. The summed E-state index contributed by atoms with van der Waals surface area (Å²) in [6, 6.07) is 4.78. The highest BCUT2D eigenvalue weighted by Gasteiger charge is 2.45. The van der Waals surface area contributed by atoms with Crippen LogP contribution in [0.25, 0.3) is 0 Å². The van der Waals surface area contributed by atoms with Gasteiger partial charge in [0.25, 0.3) is 5.91 Å². The van der Waals surface area contributed by atoms with Gasteiger partial charge in [-0.25, -0.2) is 4.39 Å². The molecule has 1 unspecified atom stereocenters. The summed E-state index contributed by atoms with van der Waals surface area (Å²) in [4.78, 5) is 38.7. The number of nitrogens with one attached hydrogen (secondary N) is 1. The van der Waals surface area contributed by atoms with Gasteiger partial charge in [0, 0.05) is 30.9 Å². The van der Waals surface area contributed by atoms with Crippen LogP contribution >= 0.6 is 11.6 Å². The smallest absolute Gasteiger partial charge is 0.275 e. The molecule has 2 N–H and O–H groups in total. The molecule has 9 heteroatoms. The number of fused-ring (bicyclic) bond motifs is 2. The molecule has 1 aromatic heterocycles. The molecule has 1 aromatic carbocycles. The lowest BCUT2D eigenvalue weighted by atomic mass is 10.1. The molecule has 4 rings (SSSR count). The van der Waals surface area contributed by atoms with E-state index in [-0.39, 0.29) is 28.9 Å². The van der Waals surface area contributed by atoms with Crippen molar-refractivity contribution in [3.8, 4) is 5.75 Å². The van der Waals surface area contributed by atoms with E-state index in [9.17, 15) is 23.9 Å². The number of halogens is 2. The number of hydrogen-bond donors (Lipinski definition) is 2. The Hall–Kier alpha value is -2.87. The number of aromatic hydroxyl groups is 1. The number of nitrogens with zero attached hydrogens (tertiary/aromatic N) is 2. The van der Waals surface area contributed by atoms with Crippen molar-refractivity contribution in [3.05, 3.63) is 62.8 Å². The van der Waals surface area contributed by atoms with Crippen molar-refractivity contribution in [1.29, 1.82) is 0 Å². The Bertz CT molecular complexity index is 1040. The summed E-state index contributed by atoms with van der Waals surface area (Å²) < 4.78 is 15.5. The first-order chi connectivity index (χ1) is 13.4. The Morgan fingerprint density at radius 2 is 2.07 bits per heavy atom. The Morgan fingerprint density at radius 3 is 2.86 bits per heavy atom. The largest absolute Gasteiger partial charge is 0.503 e. The summed E-state index contributed by atoms with van der Waals surface area (Å²) in [6.07, 6.45) is 2.53. The molecule has 3 heterocycles. The highest BCUT2D eigenvalue weighted by atomic mass is 35.5. The first kappa shape index (κ1) is 18.5. The van der Waals surface area contributed by atoms with Crippen molar-refractivity contribution >= 4 is 23.4 Å². The Labute approximate surface area is 164 Å². The number of pyridine rings is 1. The van der Waals surface area contributed by atoms with E-state index in [1.54, 1.807) is 10.6 Å². The van der Waals surface area contributed by atoms with E-state index in [4.69, 9.17) is 11.6 Å². The van der Waals surface area contributed by atoms with Crippen LogP contribution < -0.4 is 10.7 Å². The second-order valence-corrected chi connectivity index (χ2v) is 7.33. The third kappa shape index (κ3) is 2.93. The van der Waals surface area contributed by atoms with E-state index in [2.05, 4.69) is 5.32 Å². The highest BCUT2D eigenvalue weighted by Crippen LogP contribution is 2.33. The lowest BCUT2D eigenvalue weighted by Crippen LogP contribution is -2.53. The summed E-state index contributed by atoms with van der Waals surface area (Å²) in [6.45, 7) is 0.331. The van der Waals surface area contributed by atoms with Gasteiger partial charge in [0.15, 0.2) is 11.4 Å². The van der Waals surface area contributed by atoms with Gasteiger partial charge in [-0.3, -0.25) is 14.4 Å². The average Bonchev–Trinajstić information content (AvgIpc) is 3.10. The minimum absolute atomic E-state index is 0.0311. The van der Waals surface area contributed by atoms with Crippen LogP contribution in [0.5, 0.6) is 5.75 Å². The van der Waals surface area contributed by atoms with Crippen molar-refractivity contribution in [2.75, 3.05) is 0 Å². The lowest BCUT2D eigenvalue weighted by Gasteiger charge is -2.35. The van der Waals surface area contributed by atoms with Crippen LogP contribution in [0.4, 0.5) is 4.39 Å². The van der Waals surface area contributed by atoms with Crippen molar-refractivity contribution < 1.29 is 19.1 Å². The van der Waals surface area contributed by atoms with Gasteiger partial charge in [-0.15, -0.1) is 0 Å². The summed E-state index contributed by atoms with van der Waals surface area (Å²) in [5, 5.41) is 12.7. The van der Waals surface area contributed by atoms with E-state index in [1.807, 2.05) is 0 Å². The number of rotatable bonds is 3. The Morgan fingerprint density at radius 1 is 1.29 bits per heavy atom. The zero-order valence-electron chi connectivity index (χ0n) is 14.7. The minimum atomic E-state index is -0.747. The third-order valence-electron chi connectivity index (χ3n) is 5.29. The van der Waals surface area contributed by atoms with Gasteiger partial charge in [-0.05, 0) is 18.9 Å². The maximum atomic E-state index is 14.0. The molecule has 0 aliphatic carbocycles. The van der Waals surface area contributed by atoms with Crippen LogP contribution in [0.2, 0.25) is 5.02 Å². The standard InChI is InChI=1S/C19H17ClFN3O4/c20-12-3-1-2-10(15(12)21)8-22-18(27)13-5-4-11-9-23-7-6-14(25)17(26)16(23)19(28)24(11)13/h1-3,6-7,11,13,26H,4-5,8-9H2,(H,22,27)/t11-,13?/m1/s1. The van der Waals surface area contributed by atoms with Gasteiger partial charge in [-0.1, -0.05) is 23.7 Å². The quantitative estimate of drug-likeness (QED) is 0.812. The molecule has 0 saturated carbocycles. The van der Waals surface area contributed by atoms with Crippen molar-refractivity contribution in [1.82, 2.24) is 14.8 Å². The fraction of sp³-hybridized carbons (Fsp3) is 0.316. The molecule has 2 amide bonds. The number of amides is 2. The molecule has 0 radical (unpaired) electrons. The van der Waals surface area contributed by atoms with Crippen LogP contribution in [0.15, 0.2) is 35.3 Å². The summed E-state index contributed by atoms with van der Waals surface area (Å²) in [7, 11) is 0. The maximum absolute atomic E-state index is 14.0. The number of aromatic nitrogens is 1. The predicted octanol–water partition coefficient (Wildman–Crippen LogP) is 1.65. The number of hydrogen-bond acceptors (Lipinski definition) is 4. The van der Waals surface area contributed by atoms with Crippen molar-refractivity contribution in [2.24, 2.45) is 0 Å². The molecule has 1 saturated heterocycles. The average molecular weight is 406 g/mol. The highest BCUT2D eigenvalue weighted by molar-refractivity contribution is 6.30. The van der Waals surface area contributed by atoms with Crippen LogP contribution in [0.3, 0.4) is 0 Å². The number of carbonyl (C=O) groups is 2. The van der Waals surface area contributed by atoms with Crippen LogP contribution in [0, 0.1) is 5.82 Å². The van der Waals surface area contributed by atoms with Crippen LogP contribution in [0.1, 0.15) is 28.9 Å². The summed E-state index contributed by atoms with van der Waals surface area (Å²) in [5.74, 6) is -2.18. The molecule has 2 aliphatic rings. The second kappa shape index (κ2) is 6.94. The first-order valence-electron chi connectivity index (χ1n) is 8.84. The SMILES string of the molecule is O=C(NCc1cccc(Cl)c1F)C1CC[C@@H]2Cn3ccc(=O)c(O)c3C(=O)N12. The summed E-state index contributed by atoms with van der Waals surface area (Å²) in [5.41, 5.74) is -0.506. The molecular formula is C19H17ClFN3O4. The van der Waals surface area contributed by atoms with Gasteiger partial charge in [-0.2, -0.15) is 0 Å². The predicted molar refractivity (Wildman–Crippen MR) is 98.6 cm³/mol. The van der Waals surface area contributed by atoms with Crippen molar-refractivity contribution in [2.45, 2.75) is 38.0 Å². The van der Waals surface area contributed by atoms with Gasteiger partial charge >= 0.3 is 0 Å². The molecular weight excluding hydrogens is 389 g/mol. The van der Waals surface area contributed by atoms with E-state index < -0.39 is 34.9 Å². The summed E-state index contributed by atoms with van der Waals surface area (Å²) >= 11 is 5.75. The molecule has 7 nitrogen and oxygen atoms in total. The lowest BCUT2D eigenvalue weighted by molar-refractivity contribution is -0.125. The number of benzene rings is 1. The topological polar surface area (TPSA) is 91.6 Å². The zero-order chi connectivity index (χ0) is 20.0. The fourth-order valence-corrected chi connectivity index (χ4v) is 4.10. The molecule has 2 aromatic rings. The van der Waals surface area contributed by atoms with Gasteiger partial charge in [0.2, 0.25) is 11.3 Å². The number of carbonyl (C=O) groups excluding carboxylic acids is 2. The monoisotopic (exact) mass is 405 g/mol. The minimum Gasteiger partial charge on any atom is -0.503 e. The molecule has 1 fully saturated rings. The van der Waals surface area contributed by atoms with Crippen molar-refractivity contribution in [3.63, 3.8) is 0 Å². The molecule has 0 spiro atoms. The van der Waals surface area contributed by atoms with Crippen LogP contribution in [-0.2, 0) is 17.9 Å². The van der Waals surface area contributed by atoms with Gasteiger partial charge in [0.1, 0.15) is 11.9 Å². The molecule has 28 heavy (non-hydrogen) atoms. The third-order valence-corrected chi connectivity index (χ3v) is 5.58. The van der Waals surface area contributed by atoms with Gasteiger partial charge in [0.05, 0.1) is 11.1 Å². The molecule has 146 valence electrons. The second-order valence-electron chi connectivity index (χ2n) is 6.92. The van der Waals surface area contributed by atoms with E-state index in [0.29, 0.717) is 19.4 Å². The molecule has 2 aliphatic heterocycles. The van der Waals surface area contributed by atoms with E-state index in [0.717, 1.165) is 0 Å². The van der Waals surface area contributed by atoms with Crippen LogP contribution in [-0.4, -0.2) is 38.5 Å². The zero-order valence-corrected chi connectivity index (χ0v) is 15.4. The van der Waals surface area contributed by atoms with E-state index >= 15 is 0 Å². The van der Waals surface area contributed by atoms with E-state index in [1.165, 1.54) is 29.3 Å².